The number of hydrogen-bond donors (Lipinski definition) is 1. The number of likely N-dealkylation sites (tertiary alicyclic amines) is 1. The van der Waals surface area contributed by atoms with E-state index in [4.69, 9.17) is 11.6 Å². The normalized spacial score (nSPS) is 39.4. The van der Waals surface area contributed by atoms with Crippen LogP contribution in [0.2, 0.25) is 5.02 Å². The third-order valence-corrected chi connectivity index (χ3v) is 9.25. The van der Waals surface area contributed by atoms with E-state index in [2.05, 4.69) is 48.3 Å². The van der Waals surface area contributed by atoms with E-state index in [0.717, 1.165) is 22.9 Å². The molecule has 0 amide bonds. The highest BCUT2D eigenvalue weighted by molar-refractivity contribution is 6.30. The fourth-order valence-electron chi connectivity index (χ4n) is 7.93. The van der Waals surface area contributed by atoms with Crippen LogP contribution in [0.15, 0.2) is 24.3 Å². The van der Waals surface area contributed by atoms with Gasteiger partial charge in [-0.15, -0.1) is 0 Å². The van der Waals surface area contributed by atoms with E-state index in [9.17, 15) is 0 Å². The molecule has 4 saturated carbocycles. The summed E-state index contributed by atoms with van der Waals surface area (Å²) in [6.07, 6.45) is 11.3. The molecule has 0 aromatic heterocycles. The van der Waals surface area contributed by atoms with Gasteiger partial charge >= 0.3 is 0 Å². The van der Waals surface area contributed by atoms with E-state index in [-0.39, 0.29) is 0 Å². The predicted molar refractivity (Wildman–Crippen MR) is 118 cm³/mol. The van der Waals surface area contributed by atoms with Gasteiger partial charge in [-0.2, -0.15) is 0 Å². The van der Waals surface area contributed by atoms with Crippen LogP contribution in [0.5, 0.6) is 0 Å². The minimum atomic E-state index is 0.413. The van der Waals surface area contributed by atoms with Crippen molar-refractivity contribution in [3.63, 3.8) is 0 Å². The van der Waals surface area contributed by atoms with Crippen LogP contribution in [-0.4, -0.2) is 36.6 Å². The van der Waals surface area contributed by atoms with Gasteiger partial charge in [0.1, 0.15) is 0 Å². The van der Waals surface area contributed by atoms with Gasteiger partial charge in [-0.3, -0.25) is 0 Å². The lowest BCUT2D eigenvalue weighted by atomic mass is 9.41. The first kappa shape index (κ1) is 19.4. The van der Waals surface area contributed by atoms with Crippen molar-refractivity contribution in [2.75, 3.05) is 19.6 Å². The van der Waals surface area contributed by atoms with Crippen molar-refractivity contribution in [2.24, 2.45) is 17.3 Å². The van der Waals surface area contributed by atoms with Crippen LogP contribution in [-0.2, 0) is 5.41 Å². The quantitative estimate of drug-likeness (QED) is 0.687. The van der Waals surface area contributed by atoms with Crippen LogP contribution in [0, 0.1) is 17.3 Å². The van der Waals surface area contributed by atoms with Gasteiger partial charge in [0, 0.05) is 17.1 Å². The first-order chi connectivity index (χ1) is 13.5. The van der Waals surface area contributed by atoms with Crippen molar-refractivity contribution in [1.29, 1.82) is 0 Å². The second-order valence-corrected chi connectivity index (χ2v) is 11.1. The van der Waals surface area contributed by atoms with Gasteiger partial charge in [-0.05, 0) is 118 Å². The highest BCUT2D eigenvalue weighted by Gasteiger charge is 2.59. The first-order valence-electron chi connectivity index (χ1n) is 11.7. The molecule has 1 aromatic rings. The molecule has 154 valence electrons. The number of hydrogen-bond acceptors (Lipinski definition) is 2. The maximum absolute atomic E-state index is 6.21. The molecule has 3 heteroatoms. The average molecular weight is 401 g/mol. The van der Waals surface area contributed by atoms with E-state index in [1.807, 2.05) is 0 Å². The van der Waals surface area contributed by atoms with Gasteiger partial charge in [0.05, 0.1) is 0 Å². The van der Waals surface area contributed by atoms with E-state index in [1.165, 1.54) is 71.0 Å². The van der Waals surface area contributed by atoms with Crippen LogP contribution in [0.1, 0.15) is 70.8 Å². The molecular formula is C25H37ClN2. The Bertz CT molecular complexity index is 677. The van der Waals surface area contributed by atoms with Gasteiger partial charge in [-0.1, -0.05) is 30.7 Å². The third-order valence-electron chi connectivity index (χ3n) is 9.00. The van der Waals surface area contributed by atoms with E-state index >= 15 is 0 Å². The van der Waals surface area contributed by atoms with Crippen molar-refractivity contribution in [2.45, 2.75) is 82.7 Å². The SMILES string of the molecule is CCN1CCC(N[C@H](C)C23C[C@@H]4C[C@H](CC(c5ccc(Cl)cc5)(C4)C2)C3)CC1. The van der Waals surface area contributed by atoms with Crippen LogP contribution in [0.3, 0.4) is 0 Å². The molecule has 1 aliphatic heterocycles. The second-order valence-electron chi connectivity index (χ2n) is 10.7. The molecule has 4 aliphatic carbocycles. The Morgan fingerprint density at radius 3 is 2.32 bits per heavy atom. The summed E-state index contributed by atoms with van der Waals surface area (Å²) in [6.45, 7) is 8.57. The van der Waals surface area contributed by atoms with E-state index in [0.29, 0.717) is 16.9 Å². The Morgan fingerprint density at radius 2 is 1.71 bits per heavy atom. The molecule has 1 aromatic carbocycles. The van der Waals surface area contributed by atoms with Gasteiger partial charge in [0.2, 0.25) is 0 Å². The Morgan fingerprint density at radius 1 is 1.07 bits per heavy atom. The molecule has 3 atom stereocenters. The summed E-state index contributed by atoms with van der Waals surface area (Å²) in [4.78, 5) is 2.60. The molecule has 0 radical (unpaired) electrons. The Kier molecular flexibility index (Phi) is 5.05. The number of benzene rings is 1. The molecule has 1 saturated heterocycles. The maximum Gasteiger partial charge on any atom is 0.0406 e. The molecule has 6 rings (SSSR count). The van der Waals surface area contributed by atoms with Crippen molar-refractivity contribution < 1.29 is 0 Å². The highest BCUT2D eigenvalue weighted by atomic mass is 35.5. The Hall–Kier alpha value is -0.570. The van der Waals surface area contributed by atoms with Crippen molar-refractivity contribution in [3.8, 4) is 0 Å². The zero-order chi connectivity index (χ0) is 19.4. The molecule has 2 nitrogen and oxygen atoms in total. The standard InChI is InChI=1S/C25H37ClN2/c1-3-28-10-8-23(9-11-28)27-18(2)24-13-19-12-20(14-24)16-25(15-19,17-24)21-4-6-22(26)7-5-21/h4-7,18-20,23,27H,3,8-17H2,1-2H3/t18-,19+,20+,24?,25?/m1/s1. The number of piperidine rings is 1. The fourth-order valence-corrected chi connectivity index (χ4v) is 8.05. The van der Waals surface area contributed by atoms with Gasteiger partial charge in [0.15, 0.2) is 0 Å². The lowest BCUT2D eigenvalue weighted by Crippen LogP contribution is -2.61. The minimum Gasteiger partial charge on any atom is -0.311 e. The average Bonchev–Trinajstić information content (AvgIpc) is 2.68. The van der Waals surface area contributed by atoms with Crippen molar-refractivity contribution >= 4 is 11.6 Å². The topological polar surface area (TPSA) is 15.3 Å². The van der Waals surface area contributed by atoms with Gasteiger partial charge in [0.25, 0.3) is 0 Å². The Balaban J connectivity index is 1.35. The molecule has 5 aliphatic rings. The summed E-state index contributed by atoms with van der Waals surface area (Å²) >= 11 is 6.21. The summed E-state index contributed by atoms with van der Waals surface area (Å²) in [5, 5.41) is 5.02. The first-order valence-corrected chi connectivity index (χ1v) is 12.1. The molecule has 1 N–H and O–H groups in total. The van der Waals surface area contributed by atoms with Crippen molar-refractivity contribution in [1.82, 2.24) is 10.2 Å². The second kappa shape index (κ2) is 7.29. The Labute approximate surface area is 176 Å². The van der Waals surface area contributed by atoms with Crippen molar-refractivity contribution in [3.05, 3.63) is 34.9 Å². The predicted octanol–water partition coefficient (Wildman–Crippen LogP) is 5.64. The summed E-state index contributed by atoms with van der Waals surface area (Å²) in [7, 11) is 0. The smallest absolute Gasteiger partial charge is 0.0406 e. The lowest BCUT2D eigenvalue weighted by Gasteiger charge is -2.64. The zero-order valence-corrected chi connectivity index (χ0v) is 18.5. The molecule has 4 bridgehead atoms. The number of halogens is 1. The molecule has 5 fully saturated rings. The maximum atomic E-state index is 6.21. The molecule has 0 spiro atoms. The summed E-state index contributed by atoms with van der Waals surface area (Å²) < 4.78 is 0. The van der Waals surface area contributed by atoms with Crippen LogP contribution in [0.4, 0.5) is 0 Å². The van der Waals surface area contributed by atoms with Crippen LogP contribution < -0.4 is 5.32 Å². The van der Waals surface area contributed by atoms with Gasteiger partial charge in [-0.25, -0.2) is 0 Å². The molecule has 0 unspecified atom stereocenters. The van der Waals surface area contributed by atoms with Crippen LogP contribution >= 0.6 is 11.6 Å². The molecule has 28 heavy (non-hydrogen) atoms. The monoisotopic (exact) mass is 400 g/mol. The number of nitrogens with one attached hydrogen (secondary N) is 1. The molecular weight excluding hydrogens is 364 g/mol. The largest absolute Gasteiger partial charge is 0.311 e. The van der Waals surface area contributed by atoms with E-state index < -0.39 is 0 Å². The lowest BCUT2D eigenvalue weighted by molar-refractivity contribution is -0.0903. The number of rotatable bonds is 5. The minimum absolute atomic E-state index is 0.413. The summed E-state index contributed by atoms with van der Waals surface area (Å²) in [6, 6.07) is 10.3. The molecule has 1 heterocycles. The fraction of sp³-hybridized carbons (Fsp3) is 0.760. The van der Waals surface area contributed by atoms with E-state index in [1.54, 1.807) is 5.56 Å². The summed E-state index contributed by atoms with van der Waals surface area (Å²) in [5.41, 5.74) is 2.49. The summed E-state index contributed by atoms with van der Waals surface area (Å²) in [5.74, 6) is 1.87. The zero-order valence-electron chi connectivity index (χ0n) is 17.7. The number of nitrogens with zero attached hydrogens (tertiary/aromatic N) is 1. The third kappa shape index (κ3) is 3.34. The van der Waals surface area contributed by atoms with Crippen LogP contribution in [0.25, 0.3) is 0 Å². The van der Waals surface area contributed by atoms with Gasteiger partial charge < -0.3 is 10.2 Å². The highest BCUT2D eigenvalue weighted by Crippen LogP contribution is 2.66.